The lowest BCUT2D eigenvalue weighted by Crippen LogP contribution is -2.24. The molecule has 10 nitrogen and oxygen atoms in total. The van der Waals surface area contributed by atoms with Gasteiger partial charge >= 0.3 is 5.97 Å². The van der Waals surface area contributed by atoms with Crippen LogP contribution in [0.5, 0.6) is 11.5 Å². The fourth-order valence-corrected chi connectivity index (χ4v) is 4.28. The van der Waals surface area contributed by atoms with Gasteiger partial charge in [0, 0.05) is 43.4 Å². The molecule has 1 aliphatic heterocycles. The zero-order valence-corrected chi connectivity index (χ0v) is 20.3. The van der Waals surface area contributed by atoms with Crippen LogP contribution in [-0.4, -0.2) is 46.8 Å². The smallest absolute Gasteiger partial charge is 0.303 e. The van der Waals surface area contributed by atoms with Gasteiger partial charge in [-0.05, 0) is 54.8 Å². The van der Waals surface area contributed by atoms with E-state index in [-0.39, 0.29) is 18.1 Å². The van der Waals surface area contributed by atoms with Crippen LogP contribution in [0.4, 0.5) is 11.5 Å². The Morgan fingerprint density at radius 1 is 1.11 bits per heavy atom. The van der Waals surface area contributed by atoms with Crippen molar-refractivity contribution in [3.63, 3.8) is 0 Å². The van der Waals surface area contributed by atoms with E-state index in [1.54, 1.807) is 35.4 Å². The number of rotatable bonds is 11. The third-order valence-electron chi connectivity index (χ3n) is 5.63. The van der Waals surface area contributed by atoms with Crippen LogP contribution in [-0.2, 0) is 39.0 Å². The second-order valence-corrected chi connectivity index (χ2v) is 9.37. The van der Waals surface area contributed by atoms with Gasteiger partial charge in [-0.15, -0.1) is 0 Å². The number of carboxylic acid groups (broad SMARTS) is 1. The zero-order chi connectivity index (χ0) is 25.5. The first-order chi connectivity index (χ1) is 17.4. The van der Waals surface area contributed by atoms with E-state index in [0.717, 1.165) is 23.2 Å². The summed E-state index contributed by atoms with van der Waals surface area (Å²) in [7, 11) is -2.56. The normalized spacial score (nSPS) is 13.2. The third kappa shape index (κ3) is 7.01. The quantitative estimate of drug-likeness (QED) is 0.332. The monoisotopic (exact) mass is 510 g/mol. The largest absolute Gasteiger partial charge is 0.481 e. The van der Waals surface area contributed by atoms with Gasteiger partial charge in [0.1, 0.15) is 28.0 Å². The van der Waals surface area contributed by atoms with Crippen LogP contribution in [0.25, 0.3) is 0 Å². The summed E-state index contributed by atoms with van der Waals surface area (Å²) in [5.74, 6) is 0.718. The predicted molar refractivity (Wildman–Crippen MR) is 133 cm³/mol. The highest BCUT2D eigenvalue weighted by Crippen LogP contribution is 2.31. The summed E-state index contributed by atoms with van der Waals surface area (Å²) in [6.45, 7) is 1.06. The van der Waals surface area contributed by atoms with E-state index in [1.807, 2.05) is 18.2 Å². The van der Waals surface area contributed by atoms with Crippen LogP contribution in [0.1, 0.15) is 36.1 Å². The number of nitrogens with one attached hydrogen (secondary N) is 1. The number of thiol groups is 1. The number of carboxylic acids is 1. The molecule has 1 saturated heterocycles. The van der Waals surface area contributed by atoms with Crippen molar-refractivity contribution in [2.24, 2.45) is 0 Å². The molecule has 2 aromatic heterocycles. The van der Waals surface area contributed by atoms with E-state index in [1.165, 1.54) is 6.20 Å². The number of anilines is 2. The van der Waals surface area contributed by atoms with Gasteiger partial charge in [0.2, 0.25) is 5.91 Å². The summed E-state index contributed by atoms with van der Waals surface area (Å²) in [6, 6.07) is 12.4. The molecular weight excluding hydrogens is 484 g/mol. The number of ether oxygens (including phenoxy) is 1. The molecule has 2 N–H and O–H groups in total. The third-order valence-corrected chi connectivity index (χ3v) is 6.22. The molecule has 0 bridgehead atoms. The highest BCUT2D eigenvalue weighted by Gasteiger charge is 2.22. The van der Waals surface area contributed by atoms with Crippen LogP contribution < -0.4 is 10.1 Å². The Kier molecular flexibility index (Phi) is 8.11. The lowest BCUT2D eigenvalue weighted by molar-refractivity contribution is -0.137. The molecule has 0 atom stereocenters. The highest BCUT2D eigenvalue weighted by molar-refractivity contribution is 7.71. The molecular formula is C25H26N4O6S. The first-order valence-electron chi connectivity index (χ1n) is 11.4. The topological polar surface area (TPSA) is 139 Å². The van der Waals surface area contributed by atoms with E-state index in [2.05, 4.69) is 15.3 Å². The average molecular weight is 511 g/mol. The van der Waals surface area contributed by atoms with Gasteiger partial charge in [-0.1, -0.05) is 6.07 Å². The average Bonchev–Trinajstić information content (AvgIpc) is 3.25. The molecule has 0 spiro atoms. The van der Waals surface area contributed by atoms with Crippen molar-refractivity contribution < 1.29 is 27.9 Å². The second-order valence-electron chi connectivity index (χ2n) is 8.39. The summed E-state index contributed by atoms with van der Waals surface area (Å²) in [6.07, 6.45) is 4.92. The molecule has 3 aromatic rings. The van der Waals surface area contributed by atoms with Crippen LogP contribution in [0, 0.1) is 0 Å². The van der Waals surface area contributed by atoms with E-state index < -0.39 is 16.7 Å². The van der Waals surface area contributed by atoms with E-state index in [4.69, 9.17) is 9.84 Å². The summed E-state index contributed by atoms with van der Waals surface area (Å²) in [4.78, 5) is 33.3. The number of pyridine rings is 2. The Morgan fingerprint density at radius 2 is 1.97 bits per heavy atom. The maximum absolute atomic E-state index is 12.2. The molecule has 1 amide bonds. The van der Waals surface area contributed by atoms with Crippen molar-refractivity contribution in [1.29, 1.82) is 0 Å². The number of aryl methyl sites for hydroxylation is 1. The molecule has 3 heterocycles. The Morgan fingerprint density at radius 3 is 2.61 bits per heavy atom. The summed E-state index contributed by atoms with van der Waals surface area (Å²) >= 11 is 0. The van der Waals surface area contributed by atoms with Gasteiger partial charge in [0.05, 0.1) is 17.6 Å². The Balaban J connectivity index is 1.52. The van der Waals surface area contributed by atoms with E-state index >= 15 is 0 Å². The number of benzene rings is 1. The van der Waals surface area contributed by atoms with Crippen LogP contribution in [0.15, 0.2) is 54.9 Å². The minimum absolute atomic E-state index is 0.0470. The number of hydrogen-bond acceptors (Lipinski definition) is 8. The van der Waals surface area contributed by atoms with Crippen molar-refractivity contribution in [3.8, 4) is 11.5 Å². The Labute approximate surface area is 209 Å². The Bertz CT molecular complexity index is 1300. The zero-order valence-electron chi connectivity index (χ0n) is 19.4. The fraction of sp³-hybridized carbons (Fsp3) is 0.280. The first-order valence-corrected chi connectivity index (χ1v) is 12.8. The molecule has 0 saturated carbocycles. The van der Waals surface area contributed by atoms with Gasteiger partial charge in [0.25, 0.3) is 0 Å². The number of aliphatic carboxylic acids is 1. The fourth-order valence-electron chi connectivity index (χ4n) is 3.83. The number of aromatic nitrogens is 2. The van der Waals surface area contributed by atoms with Crippen molar-refractivity contribution in [2.45, 2.75) is 38.0 Å². The summed E-state index contributed by atoms with van der Waals surface area (Å²) in [5, 5.41) is 12.1. The van der Waals surface area contributed by atoms with Gasteiger partial charge in [-0.2, -0.15) is 0 Å². The lowest BCUT2D eigenvalue weighted by Gasteiger charge is -2.19. The number of hydrogen-bond donors (Lipinski definition) is 3. The number of likely N-dealkylation sites (tertiary alicyclic amines) is 1. The van der Waals surface area contributed by atoms with Crippen LogP contribution >= 0.6 is 0 Å². The van der Waals surface area contributed by atoms with Crippen molar-refractivity contribution >= 4 is 34.1 Å². The van der Waals surface area contributed by atoms with Crippen molar-refractivity contribution in [3.05, 3.63) is 71.7 Å². The SMILES string of the molecule is O=C(O)CCc1ccc(Nc2ccc(Oc3ccc(C[SH](=O)=O)nc3)c(CN3CCCC3=O)c2)nc1. The van der Waals surface area contributed by atoms with Crippen LogP contribution in [0.3, 0.4) is 0 Å². The Hall–Kier alpha value is -3.99. The molecule has 1 aromatic carbocycles. The molecule has 11 heteroatoms. The van der Waals surface area contributed by atoms with Gasteiger partial charge < -0.3 is 20.1 Å². The maximum Gasteiger partial charge on any atom is 0.303 e. The van der Waals surface area contributed by atoms with Crippen LogP contribution in [0.2, 0.25) is 0 Å². The van der Waals surface area contributed by atoms with Gasteiger partial charge in [-0.25, -0.2) is 13.4 Å². The first kappa shape index (κ1) is 25.1. The summed E-state index contributed by atoms with van der Waals surface area (Å²) in [5.41, 5.74) is 2.81. The molecule has 0 aliphatic carbocycles. The number of carbonyl (C=O) groups excluding carboxylic acids is 1. The molecule has 1 aliphatic rings. The molecule has 188 valence electrons. The summed E-state index contributed by atoms with van der Waals surface area (Å²) < 4.78 is 27.9. The van der Waals surface area contributed by atoms with E-state index in [9.17, 15) is 18.0 Å². The van der Waals surface area contributed by atoms with Crippen molar-refractivity contribution in [2.75, 3.05) is 11.9 Å². The number of carbonyl (C=O) groups is 2. The second kappa shape index (κ2) is 11.6. The minimum Gasteiger partial charge on any atom is -0.481 e. The highest BCUT2D eigenvalue weighted by atomic mass is 32.2. The minimum atomic E-state index is -2.56. The van der Waals surface area contributed by atoms with Gasteiger partial charge in [-0.3, -0.25) is 14.6 Å². The maximum atomic E-state index is 12.2. The molecule has 36 heavy (non-hydrogen) atoms. The lowest BCUT2D eigenvalue weighted by atomic mass is 10.1. The standard InChI is InChI=1S/C25H26N4O6S/c30-24-2-1-11-29(24)15-18-12-19(28-23-9-3-17(13-27-23)4-10-25(31)32)6-8-22(18)35-21-7-5-20(26-14-21)16-36(33)34/h3,5-9,12-14,36H,1-2,4,10-11,15-16H2,(H,27,28)(H,31,32). The van der Waals surface area contributed by atoms with Crippen molar-refractivity contribution in [1.82, 2.24) is 14.9 Å². The number of amides is 1. The number of nitrogens with zero attached hydrogens (tertiary/aromatic N) is 3. The molecule has 0 radical (unpaired) electrons. The van der Waals surface area contributed by atoms with Gasteiger partial charge in [0.15, 0.2) is 0 Å². The predicted octanol–water partition coefficient (Wildman–Crippen LogP) is 3.26. The van der Waals surface area contributed by atoms with E-state index in [0.29, 0.717) is 48.9 Å². The molecule has 1 fully saturated rings. The molecule has 4 rings (SSSR count). The molecule has 0 unspecified atom stereocenters.